The molecule has 0 radical (unpaired) electrons. The molecular formula is C18H24N2O2S. The van der Waals surface area contributed by atoms with Crippen LogP contribution in [0.2, 0.25) is 0 Å². The van der Waals surface area contributed by atoms with Gasteiger partial charge in [0.2, 0.25) is 0 Å². The summed E-state index contributed by atoms with van der Waals surface area (Å²) in [5.41, 5.74) is 2.55. The lowest BCUT2D eigenvalue weighted by Gasteiger charge is -2.35. The van der Waals surface area contributed by atoms with Gasteiger partial charge in [0.25, 0.3) is 0 Å². The number of nitrogens with zero attached hydrogens (tertiary/aromatic N) is 1. The van der Waals surface area contributed by atoms with Crippen LogP contribution in [0.4, 0.5) is 0 Å². The fourth-order valence-electron chi connectivity index (χ4n) is 3.15. The Kier molecular flexibility index (Phi) is 5.20. The highest BCUT2D eigenvalue weighted by Gasteiger charge is 2.28. The number of thiophene rings is 1. The van der Waals surface area contributed by atoms with Crippen molar-refractivity contribution >= 4 is 11.3 Å². The summed E-state index contributed by atoms with van der Waals surface area (Å²) >= 11 is 1.83. The fraction of sp³-hybridized carbons (Fsp3) is 0.444. The second-order valence-electron chi connectivity index (χ2n) is 5.76. The minimum atomic E-state index is 0.234. The van der Waals surface area contributed by atoms with Gasteiger partial charge in [0.1, 0.15) is 11.5 Å². The summed E-state index contributed by atoms with van der Waals surface area (Å²) in [4.78, 5) is 3.94. The number of piperazine rings is 1. The predicted octanol–water partition coefficient (Wildman–Crippen LogP) is 3.07. The molecule has 124 valence electrons. The summed E-state index contributed by atoms with van der Waals surface area (Å²) in [6.07, 6.45) is 0. The molecule has 1 N–H and O–H groups in total. The predicted molar refractivity (Wildman–Crippen MR) is 94.9 cm³/mol. The summed E-state index contributed by atoms with van der Waals surface area (Å²) in [6, 6.07) is 8.58. The van der Waals surface area contributed by atoms with Crippen LogP contribution in [-0.2, 0) is 0 Å². The fourth-order valence-corrected chi connectivity index (χ4v) is 4.23. The van der Waals surface area contributed by atoms with Gasteiger partial charge in [0.15, 0.2) is 0 Å². The van der Waals surface area contributed by atoms with Crippen LogP contribution in [0.3, 0.4) is 0 Å². The molecule has 1 saturated heterocycles. The molecule has 0 bridgehead atoms. The quantitative estimate of drug-likeness (QED) is 0.912. The van der Waals surface area contributed by atoms with Gasteiger partial charge < -0.3 is 14.8 Å². The second-order valence-corrected chi connectivity index (χ2v) is 6.71. The molecule has 5 heteroatoms. The van der Waals surface area contributed by atoms with Crippen molar-refractivity contribution in [1.29, 1.82) is 0 Å². The van der Waals surface area contributed by atoms with Gasteiger partial charge in [-0.3, -0.25) is 4.90 Å². The number of ether oxygens (including phenoxy) is 2. The first-order valence-corrected chi connectivity index (χ1v) is 8.83. The molecule has 2 heterocycles. The summed E-state index contributed by atoms with van der Waals surface area (Å²) in [5, 5.41) is 5.61. The Morgan fingerprint density at radius 2 is 1.91 bits per heavy atom. The second kappa shape index (κ2) is 7.34. The standard InChI is InChI=1S/C18H24N2O2S/c1-13-6-11-23-18(13)17(20-9-7-19-8-10-20)15-5-4-14(21-2)12-16(15)22-3/h4-6,11-12,17,19H,7-10H2,1-3H3. The highest BCUT2D eigenvalue weighted by molar-refractivity contribution is 7.10. The van der Waals surface area contributed by atoms with Gasteiger partial charge in [0, 0.05) is 42.7 Å². The number of hydrogen-bond acceptors (Lipinski definition) is 5. The highest BCUT2D eigenvalue weighted by Crippen LogP contribution is 2.40. The minimum Gasteiger partial charge on any atom is -0.497 e. The number of hydrogen-bond donors (Lipinski definition) is 1. The number of methoxy groups -OCH3 is 2. The molecule has 0 saturated carbocycles. The normalized spacial score (nSPS) is 17.0. The molecule has 4 nitrogen and oxygen atoms in total. The van der Waals surface area contributed by atoms with Crippen molar-refractivity contribution in [3.05, 3.63) is 45.6 Å². The molecule has 1 aliphatic heterocycles. The van der Waals surface area contributed by atoms with Crippen LogP contribution in [0.5, 0.6) is 11.5 Å². The molecule has 1 fully saturated rings. The Hall–Kier alpha value is -1.56. The van der Waals surface area contributed by atoms with E-state index >= 15 is 0 Å². The van der Waals surface area contributed by atoms with Gasteiger partial charge in [-0.05, 0) is 36.1 Å². The van der Waals surface area contributed by atoms with Gasteiger partial charge >= 0.3 is 0 Å². The Morgan fingerprint density at radius 3 is 2.52 bits per heavy atom. The van der Waals surface area contributed by atoms with Crippen LogP contribution < -0.4 is 14.8 Å². The van der Waals surface area contributed by atoms with Crippen molar-refractivity contribution in [3.8, 4) is 11.5 Å². The summed E-state index contributed by atoms with van der Waals surface area (Å²) < 4.78 is 11.0. The molecule has 0 amide bonds. The first kappa shape index (κ1) is 16.3. The van der Waals surface area contributed by atoms with Crippen molar-refractivity contribution in [2.45, 2.75) is 13.0 Å². The minimum absolute atomic E-state index is 0.234. The van der Waals surface area contributed by atoms with E-state index in [-0.39, 0.29) is 6.04 Å². The van der Waals surface area contributed by atoms with Gasteiger partial charge in [-0.1, -0.05) is 0 Å². The molecule has 0 aliphatic carbocycles. The number of aryl methyl sites for hydroxylation is 1. The molecule has 1 unspecified atom stereocenters. The first-order valence-electron chi connectivity index (χ1n) is 7.95. The molecule has 2 aromatic rings. The first-order chi connectivity index (χ1) is 11.2. The highest BCUT2D eigenvalue weighted by atomic mass is 32.1. The number of nitrogens with one attached hydrogen (secondary N) is 1. The third kappa shape index (κ3) is 3.37. The maximum atomic E-state index is 5.68. The van der Waals surface area contributed by atoms with E-state index in [1.54, 1.807) is 14.2 Å². The van der Waals surface area contributed by atoms with Crippen molar-refractivity contribution in [2.24, 2.45) is 0 Å². The van der Waals surface area contributed by atoms with Gasteiger partial charge in [0.05, 0.1) is 20.3 Å². The van der Waals surface area contributed by atoms with E-state index < -0.39 is 0 Å². The average molecular weight is 332 g/mol. The molecule has 23 heavy (non-hydrogen) atoms. The molecular weight excluding hydrogens is 308 g/mol. The Balaban J connectivity index is 2.06. The van der Waals surface area contributed by atoms with Crippen LogP contribution in [0.25, 0.3) is 0 Å². The van der Waals surface area contributed by atoms with E-state index in [0.717, 1.165) is 37.7 Å². The number of benzene rings is 1. The summed E-state index contributed by atoms with van der Waals surface area (Å²) in [7, 11) is 3.42. The van der Waals surface area contributed by atoms with Crippen molar-refractivity contribution in [3.63, 3.8) is 0 Å². The Morgan fingerprint density at radius 1 is 1.13 bits per heavy atom. The van der Waals surface area contributed by atoms with Crippen LogP contribution in [0, 0.1) is 6.92 Å². The van der Waals surface area contributed by atoms with Gasteiger partial charge in [-0.2, -0.15) is 0 Å². The van der Waals surface area contributed by atoms with Crippen molar-refractivity contribution < 1.29 is 9.47 Å². The van der Waals surface area contributed by atoms with Crippen LogP contribution >= 0.6 is 11.3 Å². The summed E-state index contributed by atoms with van der Waals surface area (Å²) in [5.74, 6) is 1.72. The maximum Gasteiger partial charge on any atom is 0.127 e. The Bertz CT molecular complexity index is 650. The molecule has 1 aliphatic rings. The van der Waals surface area contributed by atoms with Crippen molar-refractivity contribution in [1.82, 2.24) is 10.2 Å². The molecule has 1 atom stereocenters. The third-order valence-electron chi connectivity index (χ3n) is 4.40. The van der Waals surface area contributed by atoms with Crippen LogP contribution in [-0.4, -0.2) is 45.3 Å². The van der Waals surface area contributed by atoms with Crippen molar-refractivity contribution in [2.75, 3.05) is 40.4 Å². The van der Waals surface area contributed by atoms with E-state index in [2.05, 4.69) is 34.7 Å². The molecule has 1 aromatic heterocycles. The summed E-state index contributed by atoms with van der Waals surface area (Å²) in [6.45, 7) is 6.32. The van der Waals surface area contributed by atoms with E-state index in [1.165, 1.54) is 16.0 Å². The average Bonchev–Trinajstić information content (AvgIpc) is 3.02. The largest absolute Gasteiger partial charge is 0.497 e. The molecule has 1 aromatic carbocycles. The van der Waals surface area contributed by atoms with E-state index in [1.807, 2.05) is 23.5 Å². The molecule has 3 rings (SSSR count). The monoisotopic (exact) mass is 332 g/mol. The van der Waals surface area contributed by atoms with Gasteiger partial charge in [-0.15, -0.1) is 11.3 Å². The smallest absolute Gasteiger partial charge is 0.127 e. The zero-order valence-electron chi connectivity index (χ0n) is 14.0. The van der Waals surface area contributed by atoms with Crippen LogP contribution in [0.15, 0.2) is 29.6 Å². The lowest BCUT2D eigenvalue weighted by atomic mass is 9.99. The number of rotatable bonds is 5. The zero-order chi connectivity index (χ0) is 16.2. The third-order valence-corrected chi connectivity index (χ3v) is 5.47. The Labute approximate surface area is 142 Å². The zero-order valence-corrected chi connectivity index (χ0v) is 14.8. The topological polar surface area (TPSA) is 33.7 Å². The van der Waals surface area contributed by atoms with E-state index in [9.17, 15) is 0 Å². The van der Waals surface area contributed by atoms with E-state index in [4.69, 9.17) is 9.47 Å². The maximum absolute atomic E-state index is 5.68. The van der Waals surface area contributed by atoms with E-state index in [0.29, 0.717) is 0 Å². The van der Waals surface area contributed by atoms with Crippen LogP contribution in [0.1, 0.15) is 22.0 Å². The SMILES string of the molecule is COc1ccc(C(c2sccc2C)N2CCNCC2)c(OC)c1. The molecule has 0 spiro atoms. The van der Waals surface area contributed by atoms with Gasteiger partial charge in [-0.25, -0.2) is 0 Å². The lowest BCUT2D eigenvalue weighted by molar-refractivity contribution is 0.197. The lowest BCUT2D eigenvalue weighted by Crippen LogP contribution is -2.45.